The summed E-state index contributed by atoms with van der Waals surface area (Å²) in [5.74, 6) is -0.998. The van der Waals surface area contributed by atoms with Crippen LogP contribution in [0.15, 0.2) is 24.4 Å². The molecule has 132 valence electrons. The molecule has 1 fully saturated rings. The summed E-state index contributed by atoms with van der Waals surface area (Å²) in [5.41, 5.74) is 1.29. The van der Waals surface area contributed by atoms with Gasteiger partial charge in [0.2, 0.25) is 5.91 Å². The van der Waals surface area contributed by atoms with Crippen LogP contribution in [-0.4, -0.2) is 44.4 Å². The Morgan fingerprint density at radius 1 is 1.44 bits per heavy atom. The number of nitro benzene ring substituents is 1. The molecule has 1 saturated heterocycles. The third-order valence-corrected chi connectivity index (χ3v) is 4.77. The van der Waals surface area contributed by atoms with E-state index in [4.69, 9.17) is 0 Å². The van der Waals surface area contributed by atoms with Crippen molar-refractivity contribution in [3.8, 4) is 0 Å². The molecule has 25 heavy (non-hydrogen) atoms. The fraction of sp³-hybridized carbons (Fsp3) is 0.412. The molecular formula is C17H19N3O5. The van der Waals surface area contributed by atoms with Crippen LogP contribution in [-0.2, 0) is 16.0 Å². The first-order chi connectivity index (χ1) is 11.9. The van der Waals surface area contributed by atoms with Gasteiger partial charge in [-0.3, -0.25) is 14.9 Å². The van der Waals surface area contributed by atoms with E-state index in [9.17, 15) is 24.8 Å². The minimum atomic E-state index is -0.991. The van der Waals surface area contributed by atoms with Crippen LogP contribution in [0, 0.1) is 16.0 Å². The number of H-pyrrole nitrogens is 1. The summed E-state index contributed by atoms with van der Waals surface area (Å²) in [4.78, 5) is 39.0. The molecule has 2 unspecified atom stereocenters. The molecule has 2 N–H and O–H groups in total. The number of non-ortho nitro benzene ring substituents is 1. The monoisotopic (exact) mass is 345 g/mol. The number of aliphatic carboxylic acids is 1. The smallest absolute Gasteiger partial charge is 0.326 e. The topological polar surface area (TPSA) is 117 Å². The third-order valence-electron chi connectivity index (χ3n) is 4.77. The van der Waals surface area contributed by atoms with Crippen LogP contribution in [0.5, 0.6) is 0 Å². The van der Waals surface area contributed by atoms with E-state index in [2.05, 4.69) is 4.98 Å². The number of carbonyl (C=O) groups excluding carboxylic acids is 1. The van der Waals surface area contributed by atoms with Crippen LogP contribution >= 0.6 is 0 Å². The number of piperidine rings is 1. The first kappa shape index (κ1) is 16.9. The summed E-state index contributed by atoms with van der Waals surface area (Å²) in [7, 11) is 0. The second-order valence-corrected chi connectivity index (χ2v) is 6.55. The molecule has 3 rings (SSSR count). The Kier molecular flexibility index (Phi) is 4.43. The molecule has 8 heteroatoms. The number of aromatic amines is 1. The number of hydrogen-bond donors (Lipinski definition) is 2. The lowest BCUT2D eigenvalue weighted by Gasteiger charge is -2.36. The SMILES string of the molecule is CC1CCN(C(=O)Cc2c[nH]c3ccc([N+](=O)[O-])cc23)C(C(=O)O)C1. The molecule has 0 saturated carbocycles. The van der Waals surface area contributed by atoms with Gasteiger partial charge in [-0.05, 0) is 30.4 Å². The molecule has 0 aliphatic carbocycles. The summed E-state index contributed by atoms with van der Waals surface area (Å²) in [6, 6.07) is 3.62. The summed E-state index contributed by atoms with van der Waals surface area (Å²) in [6.45, 7) is 2.40. The van der Waals surface area contributed by atoms with Gasteiger partial charge in [-0.2, -0.15) is 0 Å². The molecule has 8 nitrogen and oxygen atoms in total. The Morgan fingerprint density at radius 2 is 2.20 bits per heavy atom. The van der Waals surface area contributed by atoms with Crippen molar-refractivity contribution < 1.29 is 19.6 Å². The maximum atomic E-state index is 12.7. The fourth-order valence-corrected chi connectivity index (χ4v) is 3.36. The quantitative estimate of drug-likeness (QED) is 0.651. The number of nitro groups is 1. The predicted molar refractivity (Wildman–Crippen MR) is 90.2 cm³/mol. The van der Waals surface area contributed by atoms with Crippen molar-refractivity contribution in [2.24, 2.45) is 5.92 Å². The van der Waals surface area contributed by atoms with Gasteiger partial charge >= 0.3 is 5.97 Å². The van der Waals surface area contributed by atoms with Crippen molar-refractivity contribution in [1.29, 1.82) is 0 Å². The van der Waals surface area contributed by atoms with Crippen molar-refractivity contribution in [2.45, 2.75) is 32.2 Å². The Bertz CT molecular complexity index is 844. The molecule has 2 aromatic rings. The van der Waals surface area contributed by atoms with Crippen molar-refractivity contribution in [3.63, 3.8) is 0 Å². The van der Waals surface area contributed by atoms with Gasteiger partial charge in [0, 0.05) is 35.8 Å². The second-order valence-electron chi connectivity index (χ2n) is 6.55. The predicted octanol–water partition coefficient (Wildman–Crippen LogP) is 2.33. The molecule has 0 bridgehead atoms. The number of nitrogens with zero attached hydrogens (tertiary/aromatic N) is 2. The van der Waals surface area contributed by atoms with E-state index >= 15 is 0 Å². The largest absolute Gasteiger partial charge is 0.480 e. The highest BCUT2D eigenvalue weighted by molar-refractivity contribution is 5.91. The lowest BCUT2D eigenvalue weighted by molar-refractivity contribution is -0.384. The molecule has 1 aromatic carbocycles. The average molecular weight is 345 g/mol. The van der Waals surface area contributed by atoms with Crippen molar-refractivity contribution in [1.82, 2.24) is 9.88 Å². The standard InChI is InChI=1S/C17H19N3O5/c1-10-4-5-19(15(6-10)17(22)23)16(21)7-11-9-18-14-3-2-12(20(24)25)8-13(11)14/h2-3,8-10,15,18H,4-7H2,1H3,(H,22,23). The van der Waals surface area contributed by atoms with E-state index in [1.54, 1.807) is 12.3 Å². The minimum Gasteiger partial charge on any atom is -0.480 e. The number of amides is 1. The van der Waals surface area contributed by atoms with E-state index in [0.717, 1.165) is 6.42 Å². The fourth-order valence-electron chi connectivity index (χ4n) is 3.36. The van der Waals surface area contributed by atoms with Crippen LogP contribution < -0.4 is 0 Å². The number of benzene rings is 1. The van der Waals surface area contributed by atoms with Crippen LogP contribution in [0.3, 0.4) is 0 Å². The normalized spacial score (nSPS) is 20.6. The number of carboxylic acids is 1. The number of likely N-dealkylation sites (tertiary alicyclic amines) is 1. The number of hydrogen-bond acceptors (Lipinski definition) is 4. The maximum absolute atomic E-state index is 12.7. The van der Waals surface area contributed by atoms with Crippen molar-refractivity contribution in [3.05, 3.63) is 40.1 Å². The molecule has 1 aliphatic rings. The highest BCUT2D eigenvalue weighted by atomic mass is 16.6. The number of fused-ring (bicyclic) bond motifs is 1. The van der Waals surface area contributed by atoms with Gasteiger partial charge in [0.05, 0.1) is 11.3 Å². The van der Waals surface area contributed by atoms with Crippen LogP contribution in [0.1, 0.15) is 25.3 Å². The highest BCUT2D eigenvalue weighted by Crippen LogP contribution is 2.27. The maximum Gasteiger partial charge on any atom is 0.326 e. The molecular weight excluding hydrogens is 326 g/mol. The molecule has 2 atom stereocenters. The Labute approximate surface area is 143 Å². The second kappa shape index (κ2) is 6.54. The van der Waals surface area contributed by atoms with E-state index in [0.29, 0.717) is 29.4 Å². The van der Waals surface area contributed by atoms with Gasteiger partial charge in [0.15, 0.2) is 0 Å². The minimum absolute atomic E-state index is 0.0132. The van der Waals surface area contributed by atoms with Gasteiger partial charge in [-0.15, -0.1) is 0 Å². The summed E-state index contributed by atoms with van der Waals surface area (Å²) >= 11 is 0. The Balaban J connectivity index is 1.85. The summed E-state index contributed by atoms with van der Waals surface area (Å²) in [6.07, 6.45) is 2.88. The summed E-state index contributed by atoms with van der Waals surface area (Å²) in [5, 5.41) is 21.0. The number of carbonyl (C=O) groups is 2. The molecule has 2 heterocycles. The average Bonchev–Trinajstić information content (AvgIpc) is 2.96. The number of aromatic nitrogens is 1. The van der Waals surface area contributed by atoms with Crippen molar-refractivity contribution in [2.75, 3.05) is 6.54 Å². The first-order valence-corrected chi connectivity index (χ1v) is 8.13. The van der Waals surface area contributed by atoms with Gasteiger partial charge in [-0.25, -0.2) is 4.79 Å². The number of carboxylic acid groups (broad SMARTS) is 1. The lowest BCUT2D eigenvalue weighted by Crippen LogP contribution is -2.50. The number of nitrogens with one attached hydrogen (secondary N) is 1. The van der Waals surface area contributed by atoms with E-state index in [1.807, 2.05) is 6.92 Å². The van der Waals surface area contributed by atoms with Gasteiger partial charge in [0.25, 0.3) is 5.69 Å². The van der Waals surface area contributed by atoms with Crippen LogP contribution in [0.2, 0.25) is 0 Å². The van der Waals surface area contributed by atoms with Gasteiger partial charge < -0.3 is 15.0 Å². The van der Waals surface area contributed by atoms with E-state index in [-0.39, 0.29) is 23.9 Å². The van der Waals surface area contributed by atoms with E-state index in [1.165, 1.54) is 17.0 Å². The first-order valence-electron chi connectivity index (χ1n) is 8.13. The molecule has 1 amide bonds. The molecule has 0 spiro atoms. The Morgan fingerprint density at radius 3 is 2.88 bits per heavy atom. The molecule has 1 aromatic heterocycles. The van der Waals surface area contributed by atoms with Gasteiger partial charge in [-0.1, -0.05) is 6.92 Å². The molecule has 1 aliphatic heterocycles. The number of rotatable bonds is 4. The third kappa shape index (κ3) is 3.33. The van der Waals surface area contributed by atoms with Crippen LogP contribution in [0.25, 0.3) is 10.9 Å². The van der Waals surface area contributed by atoms with Gasteiger partial charge in [0.1, 0.15) is 6.04 Å². The lowest BCUT2D eigenvalue weighted by atomic mass is 9.92. The zero-order chi connectivity index (χ0) is 18.1. The van der Waals surface area contributed by atoms with Crippen molar-refractivity contribution >= 4 is 28.5 Å². The van der Waals surface area contributed by atoms with E-state index < -0.39 is 16.9 Å². The highest BCUT2D eigenvalue weighted by Gasteiger charge is 2.34. The zero-order valence-corrected chi connectivity index (χ0v) is 13.8. The zero-order valence-electron chi connectivity index (χ0n) is 13.8. The molecule has 0 radical (unpaired) electrons. The van der Waals surface area contributed by atoms with Crippen LogP contribution in [0.4, 0.5) is 5.69 Å². The summed E-state index contributed by atoms with van der Waals surface area (Å²) < 4.78 is 0. The Hall–Kier alpha value is -2.90.